The van der Waals surface area contributed by atoms with Crippen LogP contribution in [0.5, 0.6) is 5.75 Å². The number of amides is 3. The molecule has 0 spiro atoms. The molecule has 3 amide bonds. The molecule has 9 heteroatoms. The largest absolute Gasteiger partial charge is 0.484 e. The van der Waals surface area contributed by atoms with Crippen molar-refractivity contribution >= 4 is 29.1 Å². The summed E-state index contributed by atoms with van der Waals surface area (Å²) in [5.74, 6) is -1.27. The monoisotopic (exact) mass is 425 g/mol. The summed E-state index contributed by atoms with van der Waals surface area (Å²) < 4.78 is 24.4. The van der Waals surface area contributed by atoms with Gasteiger partial charge in [-0.25, -0.2) is 4.39 Å². The van der Waals surface area contributed by atoms with Crippen molar-refractivity contribution in [3.05, 3.63) is 78.0 Å². The summed E-state index contributed by atoms with van der Waals surface area (Å²) in [4.78, 5) is 36.1. The zero-order valence-corrected chi connectivity index (χ0v) is 16.6. The van der Waals surface area contributed by atoms with Crippen LogP contribution in [0.4, 0.5) is 15.8 Å². The molecular formula is C22H20FN3O5. The minimum Gasteiger partial charge on any atom is -0.484 e. The normalized spacial score (nSPS) is 10.3. The number of carbonyl (C=O) groups excluding carboxylic acids is 3. The number of hydrogen-bond donors (Lipinski definition) is 3. The first kappa shape index (κ1) is 21.6. The van der Waals surface area contributed by atoms with E-state index in [1.54, 1.807) is 31.2 Å². The highest BCUT2D eigenvalue weighted by atomic mass is 19.1. The molecule has 0 saturated carbocycles. The van der Waals surface area contributed by atoms with Gasteiger partial charge in [0.05, 0.1) is 24.1 Å². The first-order valence-corrected chi connectivity index (χ1v) is 9.32. The molecule has 1 heterocycles. The summed E-state index contributed by atoms with van der Waals surface area (Å²) in [6.07, 6.45) is 1.36. The molecule has 160 valence electrons. The van der Waals surface area contributed by atoms with E-state index in [1.165, 1.54) is 24.5 Å². The Kier molecular flexibility index (Phi) is 7.00. The maximum Gasteiger partial charge on any atom is 0.259 e. The molecule has 0 aliphatic rings. The highest BCUT2D eigenvalue weighted by molar-refractivity contribution is 6.05. The molecule has 3 N–H and O–H groups in total. The Morgan fingerprint density at radius 2 is 1.77 bits per heavy atom. The summed E-state index contributed by atoms with van der Waals surface area (Å²) in [6.45, 7) is 1.07. The van der Waals surface area contributed by atoms with Crippen LogP contribution in [0.3, 0.4) is 0 Å². The lowest BCUT2D eigenvalue weighted by Gasteiger charge is -2.11. The molecule has 0 aliphatic heterocycles. The first-order valence-electron chi connectivity index (χ1n) is 9.32. The average Bonchev–Trinajstić information content (AvgIpc) is 3.20. The SMILES string of the molecule is Cc1occc1C(=O)Nc1cc(NC(=O)CNC(=O)COc2ccccc2)ccc1F. The van der Waals surface area contributed by atoms with Gasteiger partial charge in [-0.3, -0.25) is 14.4 Å². The molecular weight excluding hydrogens is 405 g/mol. The van der Waals surface area contributed by atoms with Crippen LogP contribution in [0.1, 0.15) is 16.1 Å². The minimum absolute atomic E-state index is 0.108. The Labute approximate surface area is 177 Å². The van der Waals surface area contributed by atoms with Crippen molar-refractivity contribution in [1.82, 2.24) is 5.32 Å². The number of anilines is 2. The molecule has 0 fully saturated rings. The van der Waals surface area contributed by atoms with Gasteiger partial charge in [0.25, 0.3) is 11.8 Å². The number of carbonyl (C=O) groups is 3. The van der Waals surface area contributed by atoms with E-state index in [-0.39, 0.29) is 30.1 Å². The van der Waals surface area contributed by atoms with Crippen LogP contribution >= 0.6 is 0 Å². The van der Waals surface area contributed by atoms with E-state index in [0.717, 1.165) is 6.07 Å². The second-order valence-corrected chi connectivity index (χ2v) is 6.47. The maximum absolute atomic E-state index is 14.1. The van der Waals surface area contributed by atoms with Crippen molar-refractivity contribution < 1.29 is 27.9 Å². The van der Waals surface area contributed by atoms with Crippen molar-refractivity contribution in [2.45, 2.75) is 6.92 Å². The van der Waals surface area contributed by atoms with E-state index in [1.807, 2.05) is 6.07 Å². The summed E-state index contributed by atoms with van der Waals surface area (Å²) >= 11 is 0. The predicted octanol–water partition coefficient (Wildman–Crippen LogP) is 3.11. The van der Waals surface area contributed by atoms with Crippen LogP contribution in [0, 0.1) is 12.7 Å². The number of ether oxygens (including phenoxy) is 1. The molecule has 0 unspecified atom stereocenters. The smallest absolute Gasteiger partial charge is 0.259 e. The molecule has 2 aromatic carbocycles. The molecule has 0 aliphatic carbocycles. The van der Waals surface area contributed by atoms with Gasteiger partial charge in [-0.1, -0.05) is 18.2 Å². The Balaban J connectivity index is 1.50. The van der Waals surface area contributed by atoms with Crippen molar-refractivity contribution in [3.8, 4) is 5.75 Å². The topological polar surface area (TPSA) is 110 Å². The molecule has 0 bridgehead atoms. The number of rotatable bonds is 8. The average molecular weight is 425 g/mol. The van der Waals surface area contributed by atoms with Crippen molar-refractivity contribution in [2.75, 3.05) is 23.8 Å². The molecule has 3 aromatic rings. The Morgan fingerprint density at radius 3 is 2.48 bits per heavy atom. The lowest BCUT2D eigenvalue weighted by Crippen LogP contribution is -2.35. The van der Waals surface area contributed by atoms with Crippen molar-refractivity contribution in [2.24, 2.45) is 0 Å². The fraction of sp³-hybridized carbons (Fsp3) is 0.136. The lowest BCUT2D eigenvalue weighted by atomic mass is 10.2. The Bertz CT molecular complexity index is 1080. The third kappa shape index (κ3) is 6.17. The third-order valence-corrected chi connectivity index (χ3v) is 4.16. The number of hydrogen-bond acceptors (Lipinski definition) is 5. The van der Waals surface area contributed by atoms with E-state index in [9.17, 15) is 18.8 Å². The van der Waals surface area contributed by atoms with Crippen molar-refractivity contribution in [1.29, 1.82) is 0 Å². The van der Waals surface area contributed by atoms with Crippen LogP contribution in [0.25, 0.3) is 0 Å². The van der Waals surface area contributed by atoms with Gasteiger partial charge in [-0.05, 0) is 43.3 Å². The zero-order chi connectivity index (χ0) is 22.2. The van der Waals surface area contributed by atoms with Crippen LogP contribution in [-0.4, -0.2) is 30.9 Å². The number of nitrogens with one attached hydrogen (secondary N) is 3. The lowest BCUT2D eigenvalue weighted by molar-refractivity contribution is -0.125. The number of furan rings is 1. The van der Waals surface area contributed by atoms with E-state index < -0.39 is 23.5 Å². The zero-order valence-electron chi connectivity index (χ0n) is 16.6. The highest BCUT2D eigenvalue weighted by Crippen LogP contribution is 2.21. The summed E-state index contributed by atoms with van der Waals surface area (Å²) in [7, 11) is 0. The van der Waals surface area contributed by atoms with Crippen LogP contribution in [-0.2, 0) is 9.59 Å². The van der Waals surface area contributed by atoms with Gasteiger partial charge in [0.15, 0.2) is 6.61 Å². The van der Waals surface area contributed by atoms with E-state index in [2.05, 4.69) is 16.0 Å². The summed E-state index contributed by atoms with van der Waals surface area (Å²) in [6, 6.07) is 14.0. The number of aryl methyl sites for hydroxylation is 1. The van der Waals surface area contributed by atoms with Gasteiger partial charge in [-0.15, -0.1) is 0 Å². The molecule has 0 radical (unpaired) electrons. The molecule has 0 saturated heterocycles. The number of para-hydroxylation sites is 1. The molecule has 1 aromatic heterocycles. The second-order valence-electron chi connectivity index (χ2n) is 6.47. The fourth-order valence-electron chi connectivity index (χ4n) is 2.61. The van der Waals surface area contributed by atoms with Gasteiger partial charge >= 0.3 is 0 Å². The predicted molar refractivity (Wildman–Crippen MR) is 111 cm³/mol. The number of benzene rings is 2. The van der Waals surface area contributed by atoms with Crippen LogP contribution in [0.15, 0.2) is 65.3 Å². The van der Waals surface area contributed by atoms with E-state index in [4.69, 9.17) is 9.15 Å². The second kappa shape index (κ2) is 10.1. The standard InChI is InChI=1S/C22H20FN3O5/c1-14-17(9-10-30-14)22(29)26-19-11-15(7-8-18(19)23)25-20(27)12-24-21(28)13-31-16-5-3-2-4-6-16/h2-11H,12-13H2,1H3,(H,24,28)(H,25,27)(H,26,29). The summed E-state index contributed by atoms with van der Waals surface area (Å²) in [5.41, 5.74) is 0.415. The van der Waals surface area contributed by atoms with Gasteiger partial charge in [0, 0.05) is 5.69 Å². The van der Waals surface area contributed by atoms with Gasteiger partial charge in [-0.2, -0.15) is 0 Å². The Hall–Kier alpha value is -4.14. The Morgan fingerprint density at radius 1 is 1.00 bits per heavy atom. The maximum atomic E-state index is 14.1. The van der Waals surface area contributed by atoms with Gasteiger partial charge in [0.1, 0.15) is 17.3 Å². The van der Waals surface area contributed by atoms with Crippen molar-refractivity contribution in [3.63, 3.8) is 0 Å². The highest BCUT2D eigenvalue weighted by Gasteiger charge is 2.15. The number of halogens is 1. The van der Waals surface area contributed by atoms with Gasteiger partial charge in [0.2, 0.25) is 5.91 Å². The molecule has 0 atom stereocenters. The fourth-order valence-corrected chi connectivity index (χ4v) is 2.61. The van der Waals surface area contributed by atoms with E-state index >= 15 is 0 Å². The van der Waals surface area contributed by atoms with E-state index in [0.29, 0.717) is 11.5 Å². The minimum atomic E-state index is -0.668. The molecule has 3 rings (SSSR count). The molecule has 31 heavy (non-hydrogen) atoms. The molecule has 8 nitrogen and oxygen atoms in total. The van der Waals surface area contributed by atoms with Gasteiger partial charge < -0.3 is 25.1 Å². The van der Waals surface area contributed by atoms with Crippen LogP contribution in [0.2, 0.25) is 0 Å². The first-order chi connectivity index (χ1) is 14.9. The third-order valence-electron chi connectivity index (χ3n) is 4.16. The quantitative estimate of drug-likeness (QED) is 0.514. The van der Waals surface area contributed by atoms with Crippen LogP contribution < -0.4 is 20.7 Å². The summed E-state index contributed by atoms with van der Waals surface area (Å²) in [5, 5.41) is 7.39.